The van der Waals surface area contributed by atoms with Gasteiger partial charge in [0.2, 0.25) is 0 Å². The highest BCUT2D eigenvalue weighted by Gasteiger charge is 2.26. The summed E-state index contributed by atoms with van der Waals surface area (Å²) in [6.07, 6.45) is 5.26. The first-order valence-electron chi connectivity index (χ1n) is 15.4. The van der Waals surface area contributed by atoms with Gasteiger partial charge in [-0.2, -0.15) is 5.26 Å². The van der Waals surface area contributed by atoms with Crippen molar-refractivity contribution in [2.75, 3.05) is 32.8 Å². The van der Waals surface area contributed by atoms with Crippen LogP contribution in [0, 0.1) is 17.2 Å². The fraction of sp³-hybridized carbons (Fsp3) is 0.400. The Balaban J connectivity index is 1.04. The Morgan fingerprint density at radius 2 is 1.57 bits per heavy atom. The third-order valence-electron chi connectivity index (χ3n) is 8.36. The minimum atomic E-state index is -0.355. The first kappa shape index (κ1) is 30.9. The number of carbonyl (C=O) groups excluding carboxylic acids is 3. The topological polar surface area (TPSA) is 113 Å². The molecule has 228 valence electrons. The van der Waals surface area contributed by atoms with Crippen LogP contribution >= 0.6 is 0 Å². The molecule has 9 heteroatoms. The maximum absolute atomic E-state index is 13.1. The number of ether oxygens (including phenoxy) is 2. The van der Waals surface area contributed by atoms with Crippen molar-refractivity contribution in [1.29, 1.82) is 5.26 Å². The normalized spacial score (nSPS) is 16.2. The van der Waals surface area contributed by atoms with Gasteiger partial charge in [-0.3, -0.25) is 19.5 Å². The number of aromatic nitrogens is 1. The summed E-state index contributed by atoms with van der Waals surface area (Å²) in [6, 6.07) is 20.1. The molecule has 2 aliphatic rings. The number of hydrogen-bond acceptors (Lipinski definition) is 8. The summed E-state index contributed by atoms with van der Waals surface area (Å²) in [5, 5.41) is 8.98. The Morgan fingerprint density at radius 3 is 2.18 bits per heavy atom. The van der Waals surface area contributed by atoms with E-state index in [1.54, 1.807) is 48.2 Å². The van der Waals surface area contributed by atoms with Gasteiger partial charge in [0.15, 0.2) is 5.78 Å². The molecule has 2 aromatic carbocycles. The molecule has 0 radical (unpaired) electrons. The molecule has 0 N–H and O–H groups in total. The lowest BCUT2D eigenvalue weighted by atomic mass is 9.90. The summed E-state index contributed by atoms with van der Waals surface area (Å²) in [4.78, 5) is 46.5. The molecule has 2 saturated heterocycles. The van der Waals surface area contributed by atoms with E-state index < -0.39 is 0 Å². The summed E-state index contributed by atoms with van der Waals surface area (Å²) >= 11 is 0. The fourth-order valence-corrected chi connectivity index (χ4v) is 5.78. The van der Waals surface area contributed by atoms with Gasteiger partial charge in [-0.1, -0.05) is 12.1 Å². The summed E-state index contributed by atoms with van der Waals surface area (Å²) in [6.45, 7) is 5.94. The van der Waals surface area contributed by atoms with Gasteiger partial charge in [0.25, 0.3) is 5.91 Å². The molecule has 44 heavy (non-hydrogen) atoms. The van der Waals surface area contributed by atoms with Crippen LogP contribution in [0.4, 0.5) is 0 Å². The molecule has 0 saturated carbocycles. The SMILES string of the molecule is CCOC(=O)c1ccc(OC2CCN(C(=O)c3ccc(C(=O)CC4CCN(Cc5ccc(C#N)cc5)CC4)nc3)CC2)cc1. The van der Waals surface area contributed by atoms with Crippen molar-refractivity contribution < 1.29 is 23.9 Å². The summed E-state index contributed by atoms with van der Waals surface area (Å²) < 4.78 is 11.1. The van der Waals surface area contributed by atoms with Crippen LogP contribution in [0.2, 0.25) is 0 Å². The van der Waals surface area contributed by atoms with Gasteiger partial charge in [0.05, 0.1) is 29.4 Å². The third-order valence-corrected chi connectivity index (χ3v) is 8.36. The van der Waals surface area contributed by atoms with Crippen molar-refractivity contribution in [2.45, 2.75) is 51.7 Å². The number of carbonyl (C=O) groups is 3. The first-order valence-corrected chi connectivity index (χ1v) is 15.4. The maximum atomic E-state index is 13.1. The number of Topliss-reactive ketones (excluding diaryl/α,β-unsaturated/α-hetero) is 1. The van der Waals surface area contributed by atoms with Gasteiger partial charge in [-0.25, -0.2) is 4.79 Å². The van der Waals surface area contributed by atoms with E-state index >= 15 is 0 Å². The smallest absolute Gasteiger partial charge is 0.338 e. The summed E-state index contributed by atoms with van der Waals surface area (Å²) in [5.41, 5.74) is 3.23. The number of esters is 1. The number of rotatable bonds is 10. The minimum Gasteiger partial charge on any atom is -0.490 e. The van der Waals surface area contributed by atoms with Crippen LogP contribution in [0.25, 0.3) is 0 Å². The van der Waals surface area contributed by atoms with E-state index in [1.165, 1.54) is 11.8 Å². The van der Waals surface area contributed by atoms with Crippen molar-refractivity contribution in [1.82, 2.24) is 14.8 Å². The average molecular weight is 595 g/mol. The first-order chi connectivity index (χ1) is 21.4. The Morgan fingerprint density at radius 1 is 0.886 bits per heavy atom. The standard InChI is InChI=1S/C35H38N4O5/c1-2-43-35(42)28-7-10-30(11-8-28)44-31-15-19-39(20-16-31)34(41)29-9-12-32(37-23-29)33(40)21-25-13-17-38(18-14-25)24-27-5-3-26(22-36)4-6-27/h3-12,23,25,31H,2,13-21,24H2,1H3. The van der Waals surface area contributed by atoms with Crippen LogP contribution < -0.4 is 4.74 Å². The molecule has 9 nitrogen and oxygen atoms in total. The summed E-state index contributed by atoms with van der Waals surface area (Å²) in [7, 11) is 0. The van der Waals surface area contributed by atoms with Crippen LogP contribution in [0.3, 0.4) is 0 Å². The third kappa shape index (κ3) is 8.08. The second kappa shape index (κ2) is 14.8. The van der Waals surface area contributed by atoms with Crippen LogP contribution in [0.1, 0.15) is 81.4 Å². The van der Waals surface area contributed by atoms with Crippen LogP contribution in [0.15, 0.2) is 66.9 Å². The van der Waals surface area contributed by atoms with Crippen LogP contribution in [0.5, 0.6) is 5.75 Å². The lowest BCUT2D eigenvalue weighted by molar-refractivity contribution is 0.0526. The molecule has 0 atom stereocenters. The Hall–Kier alpha value is -4.55. The molecular weight excluding hydrogens is 556 g/mol. The number of pyridine rings is 1. The monoisotopic (exact) mass is 594 g/mol. The van der Waals surface area contributed by atoms with E-state index in [4.69, 9.17) is 14.7 Å². The zero-order valence-corrected chi connectivity index (χ0v) is 25.1. The van der Waals surface area contributed by atoms with Gasteiger partial charge in [-0.15, -0.1) is 0 Å². The molecule has 5 rings (SSSR count). The Bertz CT molecular complexity index is 1470. The predicted molar refractivity (Wildman–Crippen MR) is 164 cm³/mol. The number of nitriles is 1. The molecule has 3 heterocycles. The van der Waals surface area contributed by atoms with Crippen molar-refractivity contribution in [2.24, 2.45) is 5.92 Å². The minimum absolute atomic E-state index is 0.0165. The lowest BCUT2D eigenvalue weighted by Crippen LogP contribution is -2.41. The highest BCUT2D eigenvalue weighted by atomic mass is 16.5. The van der Waals surface area contributed by atoms with E-state index in [0.717, 1.165) is 32.5 Å². The molecule has 2 aliphatic heterocycles. The molecule has 3 aromatic rings. The number of piperidine rings is 2. The van der Waals surface area contributed by atoms with Crippen molar-refractivity contribution in [3.8, 4) is 11.8 Å². The van der Waals surface area contributed by atoms with Crippen molar-refractivity contribution in [3.05, 3.63) is 94.8 Å². The van der Waals surface area contributed by atoms with Crippen LogP contribution in [-0.4, -0.2) is 71.3 Å². The van der Waals surface area contributed by atoms with E-state index in [-0.39, 0.29) is 23.8 Å². The second-order valence-electron chi connectivity index (χ2n) is 11.4. The summed E-state index contributed by atoms with van der Waals surface area (Å²) in [5.74, 6) is 0.570. The lowest BCUT2D eigenvalue weighted by Gasteiger charge is -2.32. The highest BCUT2D eigenvalue weighted by molar-refractivity contribution is 5.97. The maximum Gasteiger partial charge on any atom is 0.338 e. The molecule has 1 aromatic heterocycles. The van der Waals surface area contributed by atoms with Gasteiger partial charge < -0.3 is 14.4 Å². The van der Waals surface area contributed by atoms with Crippen molar-refractivity contribution in [3.63, 3.8) is 0 Å². The molecule has 0 aliphatic carbocycles. The van der Waals surface area contributed by atoms with Gasteiger partial charge in [0, 0.05) is 45.1 Å². The Labute approximate surface area is 258 Å². The van der Waals surface area contributed by atoms with Crippen LogP contribution in [-0.2, 0) is 11.3 Å². The quantitative estimate of drug-likeness (QED) is 0.230. The molecule has 0 bridgehead atoms. The van der Waals surface area contributed by atoms with E-state index in [2.05, 4.69) is 16.0 Å². The molecule has 2 fully saturated rings. The van der Waals surface area contributed by atoms with E-state index in [1.807, 2.05) is 24.3 Å². The number of benzene rings is 2. The molecule has 0 spiro atoms. The fourth-order valence-electron chi connectivity index (χ4n) is 5.78. The molecular formula is C35H38N4O5. The number of amides is 1. The van der Waals surface area contributed by atoms with Gasteiger partial charge in [-0.05, 0) is 92.9 Å². The number of likely N-dealkylation sites (tertiary alicyclic amines) is 2. The van der Waals surface area contributed by atoms with E-state index in [9.17, 15) is 14.4 Å². The van der Waals surface area contributed by atoms with Gasteiger partial charge >= 0.3 is 5.97 Å². The average Bonchev–Trinajstić information content (AvgIpc) is 3.06. The number of ketones is 1. The largest absolute Gasteiger partial charge is 0.490 e. The van der Waals surface area contributed by atoms with Crippen molar-refractivity contribution >= 4 is 17.7 Å². The number of nitrogens with zero attached hydrogens (tertiary/aromatic N) is 4. The molecule has 1 amide bonds. The predicted octanol–water partition coefficient (Wildman–Crippen LogP) is 5.30. The zero-order chi connectivity index (χ0) is 30.9. The van der Waals surface area contributed by atoms with Gasteiger partial charge in [0.1, 0.15) is 17.5 Å². The highest BCUT2D eigenvalue weighted by Crippen LogP contribution is 2.24. The second-order valence-corrected chi connectivity index (χ2v) is 11.4. The zero-order valence-electron chi connectivity index (χ0n) is 25.1. The van der Waals surface area contributed by atoms with E-state index in [0.29, 0.717) is 73.0 Å². The Kier molecular flexibility index (Phi) is 10.4. The molecule has 0 unspecified atom stereocenters. The number of hydrogen-bond donors (Lipinski definition) is 0.